The van der Waals surface area contributed by atoms with Gasteiger partial charge in [0.15, 0.2) is 0 Å². The van der Waals surface area contributed by atoms with Crippen LogP contribution in [0.2, 0.25) is 0 Å². The van der Waals surface area contributed by atoms with E-state index in [1.165, 1.54) is 27.5 Å². The van der Waals surface area contributed by atoms with Crippen molar-refractivity contribution in [1.82, 2.24) is 15.2 Å². The molecular formula is C24H29N3O. The van der Waals surface area contributed by atoms with Crippen LogP contribution in [0.3, 0.4) is 0 Å². The molecule has 0 saturated heterocycles. The SMILES string of the molecule is CCN(CC)CCOc1ccc2c(c1)CCNC2c1ccc2cnccc2c1. The van der Waals surface area contributed by atoms with E-state index in [1.807, 2.05) is 12.4 Å². The van der Waals surface area contributed by atoms with E-state index in [0.717, 1.165) is 45.0 Å². The highest BCUT2D eigenvalue weighted by Gasteiger charge is 2.22. The molecule has 1 aromatic heterocycles. The molecule has 4 heteroatoms. The molecule has 4 rings (SSSR count). The smallest absolute Gasteiger partial charge is 0.119 e. The molecule has 0 amide bonds. The van der Waals surface area contributed by atoms with Crippen LogP contribution >= 0.6 is 0 Å². The molecular weight excluding hydrogens is 346 g/mol. The quantitative estimate of drug-likeness (QED) is 0.672. The number of nitrogens with one attached hydrogen (secondary N) is 1. The van der Waals surface area contributed by atoms with Crippen LogP contribution in [0, 0.1) is 0 Å². The van der Waals surface area contributed by atoms with Crippen LogP contribution in [0.4, 0.5) is 0 Å². The number of likely N-dealkylation sites (N-methyl/N-ethyl adjacent to an activating group) is 1. The molecule has 2 aromatic carbocycles. The molecule has 1 unspecified atom stereocenters. The van der Waals surface area contributed by atoms with Crippen molar-refractivity contribution >= 4 is 10.8 Å². The Hall–Kier alpha value is -2.43. The van der Waals surface area contributed by atoms with Gasteiger partial charge in [-0.25, -0.2) is 0 Å². The maximum absolute atomic E-state index is 6.04. The first-order valence-corrected chi connectivity index (χ1v) is 10.3. The summed E-state index contributed by atoms with van der Waals surface area (Å²) in [6, 6.07) is 15.5. The van der Waals surface area contributed by atoms with E-state index in [2.05, 4.69) is 71.5 Å². The first-order valence-electron chi connectivity index (χ1n) is 10.3. The highest BCUT2D eigenvalue weighted by atomic mass is 16.5. The molecule has 0 spiro atoms. The van der Waals surface area contributed by atoms with E-state index in [-0.39, 0.29) is 6.04 Å². The highest BCUT2D eigenvalue weighted by molar-refractivity contribution is 5.82. The summed E-state index contributed by atoms with van der Waals surface area (Å²) in [5.41, 5.74) is 4.05. The zero-order valence-electron chi connectivity index (χ0n) is 16.8. The zero-order valence-corrected chi connectivity index (χ0v) is 16.8. The molecule has 0 bridgehead atoms. The Morgan fingerprint density at radius 2 is 1.96 bits per heavy atom. The fraction of sp³-hybridized carbons (Fsp3) is 0.375. The summed E-state index contributed by atoms with van der Waals surface area (Å²) < 4.78 is 6.04. The topological polar surface area (TPSA) is 37.4 Å². The number of hydrogen-bond donors (Lipinski definition) is 1. The Morgan fingerprint density at radius 3 is 2.82 bits per heavy atom. The summed E-state index contributed by atoms with van der Waals surface area (Å²) >= 11 is 0. The molecule has 1 atom stereocenters. The number of nitrogens with zero attached hydrogens (tertiary/aromatic N) is 2. The third-order valence-corrected chi connectivity index (χ3v) is 5.74. The van der Waals surface area contributed by atoms with Gasteiger partial charge in [0.2, 0.25) is 0 Å². The first-order chi connectivity index (χ1) is 13.8. The monoisotopic (exact) mass is 375 g/mol. The van der Waals surface area contributed by atoms with Crippen molar-refractivity contribution in [3.05, 3.63) is 71.5 Å². The Morgan fingerprint density at radius 1 is 1.07 bits per heavy atom. The number of aromatic nitrogens is 1. The van der Waals surface area contributed by atoms with Crippen LogP contribution < -0.4 is 10.1 Å². The van der Waals surface area contributed by atoms with Crippen LogP contribution in [0.25, 0.3) is 10.8 Å². The molecule has 0 fully saturated rings. The summed E-state index contributed by atoms with van der Waals surface area (Å²) in [5, 5.41) is 6.10. The Balaban J connectivity index is 1.52. The lowest BCUT2D eigenvalue weighted by Crippen LogP contribution is -2.30. The fourth-order valence-corrected chi connectivity index (χ4v) is 4.04. The van der Waals surface area contributed by atoms with Gasteiger partial charge in [0.25, 0.3) is 0 Å². The molecule has 4 nitrogen and oxygen atoms in total. The fourth-order valence-electron chi connectivity index (χ4n) is 4.04. The predicted octanol–water partition coefficient (Wildman–Crippen LogP) is 4.19. The van der Waals surface area contributed by atoms with E-state index in [4.69, 9.17) is 4.74 Å². The minimum Gasteiger partial charge on any atom is -0.492 e. The lowest BCUT2D eigenvalue weighted by molar-refractivity contribution is 0.222. The van der Waals surface area contributed by atoms with E-state index in [0.29, 0.717) is 0 Å². The zero-order chi connectivity index (χ0) is 19.3. The second-order valence-electron chi connectivity index (χ2n) is 7.36. The molecule has 0 radical (unpaired) electrons. The Bertz CT molecular complexity index is 936. The van der Waals surface area contributed by atoms with E-state index >= 15 is 0 Å². The summed E-state index contributed by atoms with van der Waals surface area (Å²) in [5.74, 6) is 0.983. The van der Waals surface area contributed by atoms with E-state index in [9.17, 15) is 0 Å². The van der Waals surface area contributed by atoms with Gasteiger partial charge in [0, 0.05) is 30.9 Å². The van der Waals surface area contributed by atoms with Crippen molar-refractivity contribution in [2.45, 2.75) is 26.3 Å². The van der Waals surface area contributed by atoms with Crippen molar-refractivity contribution < 1.29 is 4.74 Å². The van der Waals surface area contributed by atoms with Crippen molar-refractivity contribution in [3.8, 4) is 5.75 Å². The third kappa shape index (κ3) is 4.03. The Labute approximate surface area is 167 Å². The van der Waals surface area contributed by atoms with Crippen molar-refractivity contribution in [1.29, 1.82) is 0 Å². The normalized spacial score (nSPS) is 16.3. The molecule has 3 aromatic rings. The van der Waals surface area contributed by atoms with E-state index < -0.39 is 0 Å². The van der Waals surface area contributed by atoms with Crippen molar-refractivity contribution in [3.63, 3.8) is 0 Å². The standard InChI is InChI=1S/C24H29N3O/c1-3-27(4-2)13-14-28-22-7-8-23-19(16-22)10-12-26-24(23)20-5-6-21-17-25-11-9-18(21)15-20/h5-9,11,15-17,24,26H,3-4,10,12-14H2,1-2H3. The molecule has 146 valence electrons. The second kappa shape index (κ2) is 8.72. The van der Waals surface area contributed by atoms with Gasteiger partial charge in [0.1, 0.15) is 12.4 Å². The summed E-state index contributed by atoms with van der Waals surface area (Å²) in [6.45, 7) is 9.21. The molecule has 2 heterocycles. The van der Waals surface area contributed by atoms with Crippen LogP contribution in [0.15, 0.2) is 54.9 Å². The first kappa shape index (κ1) is 18.9. The van der Waals surface area contributed by atoms with E-state index in [1.54, 1.807) is 0 Å². The van der Waals surface area contributed by atoms with Gasteiger partial charge < -0.3 is 15.0 Å². The maximum atomic E-state index is 6.04. The van der Waals surface area contributed by atoms with Crippen LogP contribution in [0.5, 0.6) is 5.75 Å². The minimum atomic E-state index is 0.228. The Kier molecular flexibility index (Phi) is 5.89. The largest absolute Gasteiger partial charge is 0.492 e. The maximum Gasteiger partial charge on any atom is 0.119 e. The second-order valence-corrected chi connectivity index (χ2v) is 7.36. The van der Waals surface area contributed by atoms with Gasteiger partial charge in [0.05, 0.1) is 6.04 Å². The average Bonchev–Trinajstić information content (AvgIpc) is 2.76. The van der Waals surface area contributed by atoms with Gasteiger partial charge in [-0.3, -0.25) is 4.98 Å². The molecule has 1 aliphatic heterocycles. The van der Waals surface area contributed by atoms with Crippen LogP contribution in [-0.2, 0) is 6.42 Å². The van der Waals surface area contributed by atoms with Crippen LogP contribution in [0.1, 0.15) is 36.6 Å². The number of hydrogen-bond acceptors (Lipinski definition) is 4. The van der Waals surface area contributed by atoms with Crippen molar-refractivity contribution in [2.24, 2.45) is 0 Å². The predicted molar refractivity (Wildman–Crippen MR) is 115 cm³/mol. The number of pyridine rings is 1. The highest BCUT2D eigenvalue weighted by Crippen LogP contribution is 2.32. The van der Waals surface area contributed by atoms with Gasteiger partial charge in [-0.05, 0) is 65.9 Å². The van der Waals surface area contributed by atoms with Gasteiger partial charge in [-0.15, -0.1) is 0 Å². The molecule has 1 aliphatic rings. The number of ether oxygens (including phenoxy) is 1. The average molecular weight is 376 g/mol. The summed E-state index contributed by atoms with van der Waals surface area (Å²) in [4.78, 5) is 6.60. The lowest BCUT2D eigenvalue weighted by Gasteiger charge is -2.28. The number of benzene rings is 2. The lowest BCUT2D eigenvalue weighted by atomic mass is 9.89. The van der Waals surface area contributed by atoms with Gasteiger partial charge >= 0.3 is 0 Å². The van der Waals surface area contributed by atoms with Gasteiger partial charge in [-0.2, -0.15) is 0 Å². The summed E-state index contributed by atoms with van der Waals surface area (Å²) in [6.07, 6.45) is 4.82. The minimum absolute atomic E-state index is 0.228. The molecule has 0 saturated carbocycles. The molecule has 0 aliphatic carbocycles. The van der Waals surface area contributed by atoms with Crippen molar-refractivity contribution in [2.75, 3.05) is 32.8 Å². The summed E-state index contributed by atoms with van der Waals surface area (Å²) in [7, 11) is 0. The van der Waals surface area contributed by atoms with Gasteiger partial charge in [-0.1, -0.05) is 32.0 Å². The molecule has 28 heavy (non-hydrogen) atoms. The third-order valence-electron chi connectivity index (χ3n) is 5.74. The molecule has 1 N–H and O–H groups in total. The number of fused-ring (bicyclic) bond motifs is 2. The van der Waals surface area contributed by atoms with Crippen LogP contribution in [-0.4, -0.2) is 42.7 Å². The number of rotatable bonds is 7.